The van der Waals surface area contributed by atoms with Crippen molar-refractivity contribution >= 4 is 44.6 Å². The molecule has 2 aromatic rings. The van der Waals surface area contributed by atoms with Gasteiger partial charge in [0.15, 0.2) is 0 Å². The number of carbonyl (C=O) groups excluding carboxylic acids is 2. The van der Waals surface area contributed by atoms with E-state index in [4.69, 9.17) is 4.74 Å². The highest BCUT2D eigenvalue weighted by molar-refractivity contribution is 7.86. The number of nitro groups is 1. The maximum atomic E-state index is 12.0. The van der Waals surface area contributed by atoms with Crippen LogP contribution in [0.25, 0.3) is 0 Å². The second kappa shape index (κ2) is 9.19. The Morgan fingerprint density at radius 3 is 2.43 bits per heavy atom. The van der Waals surface area contributed by atoms with E-state index in [0.717, 1.165) is 18.2 Å². The van der Waals surface area contributed by atoms with E-state index in [1.165, 1.54) is 32.2 Å². The molecule has 0 heterocycles. The van der Waals surface area contributed by atoms with Gasteiger partial charge in [-0.15, -0.1) is 10.2 Å². The lowest BCUT2D eigenvalue weighted by molar-refractivity contribution is -0.384. The van der Waals surface area contributed by atoms with Crippen molar-refractivity contribution in [3.8, 4) is 5.75 Å². The molecule has 2 aromatic carbocycles. The normalized spacial score (nSPS) is 11.3. The van der Waals surface area contributed by atoms with Crippen molar-refractivity contribution in [2.24, 2.45) is 10.2 Å². The molecule has 0 fully saturated rings. The molecule has 2 N–H and O–H groups in total. The van der Waals surface area contributed by atoms with Gasteiger partial charge in [-0.25, -0.2) is 0 Å². The van der Waals surface area contributed by atoms with Crippen LogP contribution in [-0.2, 0) is 19.7 Å². The van der Waals surface area contributed by atoms with Crippen molar-refractivity contribution in [1.29, 1.82) is 0 Å². The summed E-state index contributed by atoms with van der Waals surface area (Å²) in [4.78, 5) is 32.6. The van der Waals surface area contributed by atoms with Crippen LogP contribution in [0.15, 0.2) is 51.5 Å². The van der Waals surface area contributed by atoms with Crippen LogP contribution in [0.4, 0.5) is 22.7 Å². The molecule has 12 nitrogen and oxygen atoms in total. The van der Waals surface area contributed by atoms with E-state index in [9.17, 15) is 32.7 Å². The summed E-state index contributed by atoms with van der Waals surface area (Å²) in [6, 6.07) is 6.94. The van der Waals surface area contributed by atoms with Crippen LogP contribution in [0.5, 0.6) is 5.75 Å². The van der Waals surface area contributed by atoms with Gasteiger partial charge in [0.2, 0.25) is 5.91 Å². The first-order chi connectivity index (χ1) is 14.0. The summed E-state index contributed by atoms with van der Waals surface area (Å²) in [5, 5.41) is 21.0. The van der Waals surface area contributed by atoms with Crippen molar-refractivity contribution in [2.75, 3.05) is 12.4 Å². The molecule has 13 heteroatoms. The number of carbonyl (C=O) groups is 2. The summed E-state index contributed by atoms with van der Waals surface area (Å²) >= 11 is 0. The van der Waals surface area contributed by atoms with Gasteiger partial charge >= 0.3 is 0 Å². The van der Waals surface area contributed by atoms with Gasteiger partial charge in [-0.3, -0.25) is 24.3 Å². The first-order valence-corrected chi connectivity index (χ1v) is 9.61. The van der Waals surface area contributed by atoms with Gasteiger partial charge in [0.25, 0.3) is 15.8 Å². The lowest BCUT2D eigenvalue weighted by Crippen LogP contribution is -2.15. The fourth-order valence-electron chi connectivity index (χ4n) is 2.33. The van der Waals surface area contributed by atoms with Gasteiger partial charge in [0.05, 0.1) is 18.5 Å². The van der Waals surface area contributed by atoms with Gasteiger partial charge in [0.1, 0.15) is 33.5 Å². The number of ether oxygens (including phenoxy) is 1. The zero-order chi connectivity index (χ0) is 22.5. The Balaban J connectivity index is 2.54. The van der Waals surface area contributed by atoms with E-state index >= 15 is 0 Å². The van der Waals surface area contributed by atoms with Crippen LogP contribution >= 0.6 is 0 Å². The minimum Gasteiger partial charge on any atom is -0.494 e. The smallest absolute Gasteiger partial charge is 0.296 e. The lowest BCUT2D eigenvalue weighted by Gasteiger charge is -2.11. The number of Topliss-reactive ketones (excluding diaryl/α,β-unsaturated/α-hetero) is 1. The van der Waals surface area contributed by atoms with Crippen molar-refractivity contribution in [2.45, 2.75) is 18.2 Å². The third kappa shape index (κ3) is 5.65. The first-order valence-electron chi connectivity index (χ1n) is 8.17. The number of ketones is 1. The molecule has 0 aliphatic heterocycles. The number of rotatable bonds is 8. The van der Waals surface area contributed by atoms with Crippen LogP contribution in [0, 0.1) is 10.1 Å². The number of methoxy groups -OCH3 is 1. The second-order valence-electron chi connectivity index (χ2n) is 5.87. The highest BCUT2D eigenvalue weighted by Crippen LogP contribution is 2.37. The predicted molar refractivity (Wildman–Crippen MR) is 104 cm³/mol. The maximum absolute atomic E-state index is 12.0. The Bertz CT molecular complexity index is 1140. The Morgan fingerprint density at radius 1 is 1.20 bits per heavy atom. The lowest BCUT2D eigenvalue weighted by atomic mass is 10.2. The van der Waals surface area contributed by atoms with Crippen LogP contribution in [0.2, 0.25) is 0 Å². The molecule has 0 spiro atoms. The van der Waals surface area contributed by atoms with Crippen LogP contribution in [0.1, 0.15) is 13.3 Å². The standard InChI is InChI=1S/C17H16N4O8S/c1-10(22)8-16(23)18-17-12(4-3-5-14(17)29-2)19-20-13-9-11(21(24)25)6-7-15(13)30(26,27)28/h3-7,9H,8H2,1-2H3,(H,18,23)(H,26,27,28). The predicted octanol–water partition coefficient (Wildman–Crippen LogP) is 3.18. The van der Waals surface area contributed by atoms with E-state index in [2.05, 4.69) is 15.5 Å². The number of nitrogens with one attached hydrogen (secondary N) is 1. The molecule has 0 radical (unpaired) electrons. The fraction of sp³-hybridized carbons (Fsp3) is 0.176. The molecule has 158 valence electrons. The molecule has 0 atom stereocenters. The van der Waals surface area contributed by atoms with Gasteiger partial charge in [0, 0.05) is 12.1 Å². The van der Waals surface area contributed by atoms with E-state index in [0.29, 0.717) is 0 Å². The zero-order valence-corrected chi connectivity index (χ0v) is 16.5. The summed E-state index contributed by atoms with van der Waals surface area (Å²) in [6.07, 6.45) is -0.396. The summed E-state index contributed by atoms with van der Waals surface area (Å²) in [6.45, 7) is 1.24. The molecule has 0 unspecified atom stereocenters. The molecule has 30 heavy (non-hydrogen) atoms. The second-order valence-corrected chi connectivity index (χ2v) is 7.26. The quantitative estimate of drug-likeness (QED) is 0.208. The number of nitro benzene ring substituents is 1. The van der Waals surface area contributed by atoms with Gasteiger partial charge in [-0.2, -0.15) is 8.42 Å². The van der Waals surface area contributed by atoms with Crippen LogP contribution < -0.4 is 10.1 Å². The van der Waals surface area contributed by atoms with E-state index in [-0.39, 0.29) is 22.9 Å². The Labute approximate surface area is 170 Å². The first kappa shape index (κ1) is 22.6. The van der Waals surface area contributed by atoms with Gasteiger partial charge < -0.3 is 10.1 Å². The maximum Gasteiger partial charge on any atom is 0.296 e. The number of non-ortho nitro benzene ring substituents is 1. The molecule has 0 saturated carbocycles. The Morgan fingerprint density at radius 2 is 1.87 bits per heavy atom. The van der Waals surface area contributed by atoms with Crippen molar-refractivity contribution in [3.05, 3.63) is 46.5 Å². The number of azo groups is 1. The largest absolute Gasteiger partial charge is 0.494 e. The van der Waals surface area contributed by atoms with E-state index in [1.807, 2.05) is 0 Å². The average Bonchev–Trinajstić information content (AvgIpc) is 2.65. The molecular weight excluding hydrogens is 420 g/mol. The van der Waals surface area contributed by atoms with Crippen LogP contribution in [-0.4, -0.2) is 36.7 Å². The number of para-hydroxylation sites is 1. The molecule has 0 bridgehead atoms. The minimum absolute atomic E-state index is 0.0130. The van der Waals surface area contributed by atoms with E-state index < -0.39 is 43.6 Å². The van der Waals surface area contributed by atoms with Crippen molar-refractivity contribution in [3.63, 3.8) is 0 Å². The number of anilines is 1. The molecular formula is C17H16N4O8S. The average molecular weight is 436 g/mol. The molecule has 0 aromatic heterocycles. The number of hydrogen-bond acceptors (Lipinski definition) is 9. The fourth-order valence-corrected chi connectivity index (χ4v) is 2.94. The third-order valence-electron chi connectivity index (χ3n) is 3.59. The van der Waals surface area contributed by atoms with Crippen molar-refractivity contribution in [1.82, 2.24) is 0 Å². The summed E-state index contributed by atoms with van der Waals surface area (Å²) in [7, 11) is -3.42. The molecule has 0 saturated heterocycles. The highest BCUT2D eigenvalue weighted by Gasteiger charge is 2.20. The highest BCUT2D eigenvalue weighted by atomic mass is 32.2. The Hall–Kier alpha value is -3.71. The summed E-state index contributed by atoms with van der Waals surface area (Å²) < 4.78 is 37.5. The molecule has 2 rings (SSSR count). The minimum atomic E-state index is -4.74. The number of benzene rings is 2. The topological polar surface area (TPSA) is 178 Å². The molecule has 0 aliphatic carbocycles. The third-order valence-corrected chi connectivity index (χ3v) is 4.50. The number of nitrogens with zero attached hydrogens (tertiary/aromatic N) is 3. The molecule has 1 amide bonds. The number of amides is 1. The zero-order valence-electron chi connectivity index (χ0n) is 15.7. The summed E-state index contributed by atoms with van der Waals surface area (Å²) in [5.41, 5.74) is -0.902. The van der Waals surface area contributed by atoms with E-state index in [1.54, 1.807) is 0 Å². The van der Waals surface area contributed by atoms with Crippen molar-refractivity contribution < 1.29 is 32.2 Å². The SMILES string of the molecule is COc1cccc(N=Nc2cc([N+](=O)[O-])ccc2S(=O)(=O)O)c1NC(=O)CC(C)=O. The summed E-state index contributed by atoms with van der Waals surface area (Å²) in [5.74, 6) is -0.838. The van der Waals surface area contributed by atoms with Gasteiger partial charge in [-0.05, 0) is 25.1 Å². The number of hydrogen-bond donors (Lipinski definition) is 2. The van der Waals surface area contributed by atoms with Gasteiger partial charge in [-0.1, -0.05) is 6.07 Å². The molecule has 0 aliphatic rings. The monoisotopic (exact) mass is 436 g/mol. The van der Waals surface area contributed by atoms with Crippen LogP contribution in [0.3, 0.4) is 0 Å². The Kier molecular flexibility index (Phi) is 6.92.